The molecule has 2 unspecified atom stereocenters. The van der Waals surface area contributed by atoms with E-state index in [2.05, 4.69) is 4.99 Å². The van der Waals surface area contributed by atoms with Gasteiger partial charge in [0.05, 0.1) is 17.8 Å². The Balaban J connectivity index is 2.53. The standard InChI is InChI=1S/C16H16Cl2F2N2O4S/c1-16(6-3-7-21-14(16)15(23)24)22(8-13(19)20)27(25,26)9-10-11(17)4-2-5-12(10)18/h2-7,13-14H,8-9H2,1H3,(H,23,24). The zero-order chi connectivity index (χ0) is 20.4. The van der Waals surface area contributed by atoms with Crippen LogP contribution in [-0.4, -0.2) is 54.6 Å². The van der Waals surface area contributed by atoms with E-state index in [4.69, 9.17) is 23.2 Å². The number of allylic oxidation sites excluding steroid dienone is 1. The van der Waals surface area contributed by atoms with Gasteiger partial charge < -0.3 is 5.11 Å². The highest BCUT2D eigenvalue weighted by molar-refractivity contribution is 7.88. The maximum Gasteiger partial charge on any atom is 0.330 e. The van der Waals surface area contributed by atoms with Gasteiger partial charge >= 0.3 is 5.97 Å². The van der Waals surface area contributed by atoms with Gasteiger partial charge in [0.15, 0.2) is 6.04 Å². The van der Waals surface area contributed by atoms with E-state index < -0.39 is 46.3 Å². The van der Waals surface area contributed by atoms with Crippen LogP contribution >= 0.6 is 23.2 Å². The largest absolute Gasteiger partial charge is 0.480 e. The first-order chi connectivity index (χ1) is 12.5. The van der Waals surface area contributed by atoms with Crippen molar-refractivity contribution >= 4 is 45.4 Å². The molecule has 0 bridgehead atoms. The number of aliphatic carboxylic acids is 1. The molecule has 27 heavy (non-hydrogen) atoms. The van der Waals surface area contributed by atoms with Crippen molar-refractivity contribution in [2.45, 2.75) is 30.7 Å². The Morgan fingerprint density at radius 1 is 1.37 bits per heavy atom. The van der Waals surface area contributed by atoms with Crippen LogP contribution in [0.4, 0.5) is 8.78 Å². The fourth-order valence-corrected chi connectivity index (χ4v) is 5.44. The van der Waals surface area contributed by atoms with Crippen LogP contribution in [0.3, 0.4) is 0 Å². The molecule has 0 spiro atoms. The molecule has 0 radical (unpaired) electrons. The highest BCUT2D eigenvalue weighted by atomic mass is 35.5. The number of nitrogens with zero attached hydrogens (tertiary/aromatic N) is 2. The normalized spacial score (nSPS) is 22.6. The van der Waals surface area contributed by atoms with Crippen LogP contribution in [0.5, 0.6) is 0 Å². The molecule has 0 aromatic heterocycles. The van der Waals surface area contributed by atoms with Crippen molar-refractivity contribution in [3.8, 4) is 0 Å². The predicted octanol–water partition coefficient (Wildman–Crippen LogP) is 3.24. The Labute approximate surface area is 165 Å². The first-order valence-electron chi connectivity index (χ1n) is 7.64. The second kappa shape index (κ2) is 8.22. The lowest BCUT2D eigenvalue weighted by molar-refractivity contribution is -0.140. The Morgan fingerprint density at radius 2 is 1.96 bits per heavy atom. The number of carboxylic acid groups (broad SMARTS) is 1. The van der Waals surface area contributed by atoms with E-state index in [0.717, 1.165) is 0 Å². The van der Waals surface area contributed by atoms with Gasteiger partial charge in [0.25, 0.3) is 6.43 Å². The SMILES string of the molecule is CC1(N(CC(F)F)S(=O)(=O)Cc2c(Cl)cccc2Cl)C=CC=NC1C(=O)O. The lowest BCUT2D eigenvalue weighted by atomic mass is 9.90. The van der Waals surface area contributed by atoms with E-state index in [1.54, 1.807) is 0 Å². The van der Waals surface area contributed by atoms with Crippen LogP contribution < -0.4 is 0 Å². The average Bonchev–Trinajstić information content (AvgIpc) is 2.56. The number of alkyl halides is 2. The van der Waals surface area contributed by atoms with Gasteiger partial charge in [-0.2, -0.15) is 4.31 Å². The van der Waals surface area contributed by atoms with E-state index >= 15 is 0 Å². The summed E-state index contributed by atoms with van der Waals surface area (Å²) in [6, 6.07) is 2.76. The minimum absolute atomic E-state index is 0.0406. The maximum absolute atomic E-state index is 13.2. The summed E-state index contributed by atoms with van der Waals surface area (Å²) in [4.78, 5) is 15.3. The zero-order valence-corrected chi connectivity index (χ0v) is 16.3. The molecule has 11 heteroatoms. The van der Waals surface area contributed by atoms with Crippen LogP contribution in [0.2, 0.25) is 10.0 Å². The van der Waals surface area contributed by atoms with E-state index in [1.165, 1.54) is 43.5 Å². The van der Waals surface area contributed by atoms with Crippen LogP contribution in [0.25, 0.3) is 0 Å². The number of halogens is 4. The number of rotatable bonds is 7. The monoisotopic (exact) mass is 440 g/mol. The third-order valence-corrected chi connectivity index (χ3v) is 6.68. The Bertz CT molecular complexity index is 872. The molecular weight excluding hydrogens is 425 g/mol. The van der Waals surface area contributed by atoms with Gasteiger partial charge in [-0.05, 0) is 25.1 Å². The molecule has 0 fully saturated rings. The van der Waals surface area contributed by atoms with Crippen molar-refractivity contribution in [2.24, 2.45) is 4.99 Å². The molecule has 2 rings (SSSR count). The number of hydrogen-bond donors (Lipinski definition) is 1. The summed E-state index contributed by atoms with van der Waals surface area (Å²) in [5.74, 6) is -2.21. The number of carboxylic acids is 1. The number of aliphatic imine (C=N–C) groups is 1. The first kappa shape index (κ1) is 21.7. The van der Waals surface area contributed by atoms with Crippen LogP contribution in [0, 0.1) is 0 Å². The van der Waals surface area contributed by atoms with Gasteiger partial charge in [-0.1, -0.05) is 35.3 Å². The Hall–Kier alpha value is -1.55. The van der Waals surface area contributed by atoms with Crippen molar-refractivity contribution in [3.63, 3.8) is 0 Å². The molecule has 0 aliphatic carbocycles. The summed E-state index contributed by atoms with van der Waals surface area (Å²) in [5, 5.41) is 9.51. The van der Waals surface area contributed by atoms with Crippen molar-refractivity contribution in [1.82, 2.24) is 4.31 Å². The number of sulfonamides is 1. The summed E-state index contributed by atoms with van der Waals surface area (Å²) in [6.07, 6.45) is 0.689. The Morgan fingerprint density at radius 3 is 2.48 bits per heavy atom. The van der Waals surface area contributed by atoms with Gasteiger partial charge in [-0.3, -0.25) is 4.99 Å². The predicted molar refractivity (Wildman–Crippen MR) is 99.3 cm³/mol. The average molecular weight is 441 g/mol. The molecule has 0 saturated carbocycles. The lowest BCUT2D eigenvalue weighted by Crippen LogP contribution is -2.59. The van der Waals surface area contributed by atoms with E-state index in [9.17, 15) is 27.1 Å². The molecule has 6 nitrogen and oxygen atoms in total. The van der Waals surface area contributed by atoms with E-state index in [1.807, 2.05) is 0 Å². The third-order valence-electron chi connectivity index (χ3n) is 4.11. The molecular formula is C16H16Cl2F2N2O4S. The molecule has 1 heterocycles. The first-order valence-corrected chi connectivity index (χ1v) is 10.0. The van der Waals surface area contributed by atoms with Gasteiger partial charge in [-0.25, -0.2) is 22.0 Å². The van der Waals surface area contributed by atoms with Crippen molar-refractivity contribution < 1.29 is 27.1 Å². The van der Waals surface area contributed by atoms with Gasteiger partial charge in [-0.15, -0.1) is 0 Å². The number of hydrogen-bond acceptors (Lipinski definition) is 4. The highest BCUT2D eigenvalue weighted by Gasteiger charge is 2.49. The second-order valence-electron chi connectivity index (χ2n) is 6.00. The molecule has 1 aliphatic heterocycles. The van der Waals surface area contributed by atoms with E-state index in [0.29, 0.717) is 4.31 Å². The summed E-state index contributed by atoms with van der Waals surface area (Å²) >= 11 is 12.0. The number of benzene rings is 1. The van der Waals surface area contributed by atoms with Crippen LogP contribution in [-0.2, 0) is 20.6 Å². The van der Waals surface area contributed by atoms with Crippen LogP contribution in [0.1, 0.15) is 12.5 Å². The number of dihydropyridines is 1. The summed E-state index contributed by atoms with van der Waals surface area (Å²) in [6.45, 7) is 0.0253. The van der Waals surface area contributed by atoms with Gasteiger partial charge in [0.1, 0.15) is 0 Å². The summed E-state index contributed by atoms with van der Waals surface area (Å²) < 4.78 is 52.9. The van der Waals surface area contributed by atoms with Crippen LogP contribution in [0.15, 0.2) is 35.3 Å². The molecule has 0 amide bonds. The van der Waals surface area contributed by atoms with Gasteiger partial charge in [0, 0.05) is 21.8 Å². The minimum Gasteiger partial charge on any atom is -0.480 e. The Kier molecular flexibility index (Phi) is 6.62. The topological polar surface area (TPSA) is 87.0 Å². The zero-order valence-electron chi connectivity index (χ0n) is 14.0. The fourth-order valence-electron chi connectivity index (χ4n) is 2.81. The van der Waals surface area contributed by atoms with Gasteiger partial charge in [0.2, 0.25) is 10.0 Å². The molecule has 1 aromatic rings. The summed E-state index contributed by atoms with van der Waals surface area (Å²) in [7, 11) is -4.44. The smallest absolute Gasteiger partial charge is 0.330 e. The lowest BCUT2D eigenvalue weighted by Gasteiger charge is -2.41. The molecule has 1 aliphatic rings. The van der Waals surface area contributed by atoms with E-state index in [-0.39, 0.29) is 15.6 Å². The molecule has 0 saturated heterocycles. The molecule has 148 valence electrons. The highest BCUT2D eigenvalue weighted by Crippen LogP contribution is 2.34. The minimum atomic E-state index is -4.44. The third kappa shape index (κ3) is 4.66. The van der Waals surface area contributed by atoms with Crippen molar-refractivity contribution in [3.05, 3.63) is 46.0 Å². The maximum atomic E-state index is 13.2. The fraction of sp³-hybridized carbons (Fsp3) is 0.375. The number of carbonyl (C=O) groups is 1. The molecule has 1 N–H and O–H groups in total. The second-order valence-corrected chi connectivity index (χ2v) is 8.71. The van der Waals surface area contributed by atoms with Crippen molar-refractivity contribution in [1.29, 1.82) is 0 Å². The molecule has 2 atom stereocenters. The summed E-state index contributed by atoms with van der Waals surface area (Å²) in [5.41, 5.74) is -1.79. The molecule has 1 aromatic carbocycles. The van der Waals surface area contributed by atoms with Crippen molar-refractivity contribution in [2.75, 3.05) is 6.54 Å². The quantitative estimate of drug-likeness (QED) is 0.704.